The lowest BCUT2D eigenvalue weighted by atomic mass is 9.83. The number of carboxylic acid groups (broad SMARTS) is 1. The van der Waals surface area contributed by atoms with Crippen LogP contribution in [0.3, 0.4) is 0 Å². The molecule has 0 bridgehead atoms. The number of rotatable bonds is 3. The first kappa shape index (κ1) is 16.3. The van der Waals surface area contributed by atoms with Crippen LogP contribution in [0.15, 0.2) is 4.40 Å². The van der Waals surface area contributed by atoms with Gasteiger partial charge in [0.25, 0.3) is 0 Å². The summed E-state index contributed by atoms with van der Waals surface area (Å²) in [5.74, 6) is 0.233. The smallest absolute Gasteiger partial charge is 0.404 e. The SMILES string of the molecule is C/C(=N\[S@@+]([O-])C(C)(C)C)[C@H]1CCC[C@@H](NC(=O)O)C1. The third-order valence-electron chi connectivity index (χ3n) is 3.34. The van der Waals surface area contributed by atoms with Crippen molar-refractivity contribution >= 4 is 23.2 Å². The summed E-state index contributed by atoms with van der Waals surface area (Å²) >= 11 is -1.24. The maximum Gasteiger partial charge on any atom is 0.404 e. The van der Waals surface area contributed by atoms with Crippen molar-refractivity contribution in [2.75, 3.05) is 0 Å². The van der Waals surface area contributed by atoms with Crippen LogP contribution in [0.25, 0.3) is 0 Å². The number of carbonyl (C=O) groups is 1. The number of hydrogen-bond acceptors (Lipinski definition) is 3. The van der Waals surface area contributed by atoms with Crippen LogP contribution < -0.4 is 5.32 Å². The van der Waals surface area contributed by atoms with E-state index >= 15 is 0 Å². The highest BCUT2D eigenvalue weighted by Crippen LogP contribution is 2.27. The summed E-state index contributed by atoms with van der Waals surface area (Å²) in [6.07, 6.45) is 2.62. The average molecular weight is 288 g/mol. The molecule has 0 saturated heterocycles. The van der Waals surface area contributed by atoms with Crippen LogP contribution in [0.4, 0.5) is 4.79 Å². The fourth-order valence-corrected chi connectivity index (χ4v) is 2.90. The third-order valence-corrected chi connectivity index (χ3v) is 4.84. The number of nitrogens with one attached hydrogen (secondary N) is 1. The lowest BCUT2D eigenvalue weighted by Gasteiger charge is -2.29. The lowest BCUT2D eigenvalue weighted by molar-refractivity contribution is 0.184. The molecule has 3 atom stereocenters. The third kappa shape index (κ3) is 5.40. The largest absolute Gasteiger partial charge is 0.591 e. The van der Waals surface area contributed by atoms with Gasteiger partial charge in [-0.25, -0.2) is 4.79 Å². The van der Waals surface area contributed by atoms with Crippen LogP contribution in [0.1, 0.15) is 53.4 Å². The van der Waals surface area contributed by atoms with E-state index in [1.165, 1.54) is 0 Å². The van der Waals surface area contributed by atoms with E-state index in [0.29, 0.717) is 0 Å². The molecule has 1 fully saturated rings. The van der Waals surface area contributed by atoms with Gasteiger partial charge in [0.2, 0.25) is 0 Å². The van der Waals surface area contributed by atoms with Gasteiger partial charge in [0.05, 0.1) is 5.71 Å². The molecule has 1 aliphatic carbocycles. The van der Waals surface area contributed by atoms with Crippen LogP contribution in [0, 0.1) is 5.92 Å². The van der Waals surface area contributed by atoms with Gasteiger partial charge in [-0.15, -0.1) is 0 Å². The first-order chi connectivity index (χ1) is 8.70. The molecular formula is C13H24N2O3S. The predicted octanol–water partition coefficient (Wildman–Crippen LogP) is 2.74. The van der Waals surface area contributed by atoms with E-state index in [2.05, 4.69) is 9.71 Å². The van der Waals surface area contributed by atoms with Crippen molar-refractivity contribution in [3.05, 3.63) is 0 Å². The molecule has 1 amide bonds. The molecule has 6 heteroatoms. The van der Waals surface area contributed by atoms with E-state index in [4.69, 9.17) is 5.11 Å². The molecular weight excluding hydrogens is 264 g/mol. The number of nitrogens with zero attached hydrogens (tertiary/aromatic N) is 1. The van der Waals surface area contributed by atoms with Gasteiger partial charge in [-0.05, 0) is 47.0 Å². The first-order valence-electron chi connectivity index (χ1n) is 6.67. The van der Waals surface area contributed by atoms with Crippen LogP contribution in [-0.4, -0.2) is 32.3 Å². The van der Waals surface area contributed by atoms with Crippen molar-refractivity contribution in [3.63, 3.8) is 0 Å². The van der Waals surface area contributed by atoms with Crippen molar-refractivity contribution in [2.24, 2.45) is 10.3 Å². The fourth-order valence-electron chi connectivity index (χ4n) is 2.22. The molecule has 2 N–H and O–H groups in total. The van der Waals surface area contributed by atoms with E-state index in [1.807, 2.05) is 27.7 Å². The van der Waals surface area contributed by atoms with Gasteiger partial charge in [-0.2, -0.15) is 0 Å². The second kappa shape index (κ2) is 6.61. The Morgan fingerprint density at radius 2 is 2.05 bits per heavy atom. The molecule has 0 unspecified atom stereocenters. The molecule has 0 aromatic rings. The van der Waals surface area contributed by atoms with Gasteiger partial charge in [0.15, 0.2) is 0 Å². The second-order valence-electron chi connectivity index (χ2n) is 6.10. The average Bonchev–Trinajstić information content (AvgIpc) is 2.27. The molecule has 0 heterocycles. The standard InChI is InChI=1S/C13H24N2O3S/c1-9(15-19(18)13(2,3)4)10-6-5-7-11(8-10)14-12(16)17/h10-11,14H,5-8H2,1-4H3,(H,16,17)/b15-9+/t10-,11+,19-/m0/s1. The quantitative estimate of drug-likeness (QED) is 0.618. The Labute approximate surface area is 118 Å². The van der Waals surface area contributed by atoms with Gasteiger partial charge in [0, 0.05) is 12.0 Å². The molecule has 1 aliphatic rings. The zero-order chi connectivity index (χ0) is 14.6. The van der Waals surface area contributed by atoms with Crippen LogP contribution in [-0.2, 0) is 11.4 Å². The van der Waals surface area contributed by atoms with Gasteiger partial charge in [-0.1, -0.05) is 10.8 Å². The summed E-state index contributed by atoms with van der Waals surface area (Å²) in [7, 11) is 0. The Kier molecular flexibility index (Phi) is 5.67. The first-order valence-corrected chi connectivity index (χ1v) is 7.77. The minimum absolute atomic E-state index is 0.00975. The van der Waals surface area contributed by atoms with E-state index in [9.17, 15) is 9.35 Å². The monoisotopic (exact) mass is 288 g/mol. The zero-order valence-corrected chi connectivity index (χ0v) is 12.9. The van der Waals surface area contributed by atoms with Crippen molar-refractivity contribution in [2.45, 2.75) is 64.2 Å². The van der Waals surface area contributed by atoms with E-state index in [-0.39, 0.29) is 16.7 Å². The van der Waals surface area contributed by atoms with Gasteiger partial charge in [0.1, 0.15) is 16.1 Å². The molecule has 0 aliphatic heterocycles. The Hall–Kier alpha value is -0.750. The topological polar surface area (TPSA) is 84.8 Å². The maximum absolute atomic E-state index is 12.0. The highest BCUT2D eigenvalue weighted by Gasteiger charge is 2.30. The van der Waals surface area contributed by atoms with Gasteiger partial charge in [-0.3, -0.25) is 0 Å². The Morgan fingerprint density at radius 3 is 2.58 bits per heavy atom. The van der Waals surface area contributed by atoms with E-state index in [0.717, 1.165) is 31.4 Å². The minimum Gasteiger partial charge on any atom is -0.591 e. The van der Waals surface area contributed by atoms with Crippen molar-refractivity contribution in [1.29, 1.82) is 0 Å². The summed E-state index contributed by atoms with van der Waals surface area (Å²) in [5, 5.41) is 11.3. The van der Waals surface area contributed by atoms with Gasteiger partial charge >= 0.3 is 6.09 Å². The summed E-state index contributed by atoms with van der Waals surface area (Å²) in [4.78, 5) is 10.7. The molecule has 19 heavy (non-hydrogen) atoms. The molecule has 5 nitrogen and oxygen atoms in total. The molecule has 1 rings (SSSR count). The minimum atomic E-state index is -1.24. The maximum atomic E-state index is 12.0. The van der Waals surface area contributed by atoms with Crippen molar-refractivity contribution in [3.8, 4) is 0 Å². The molecule has 0 aromatic heterocycles. The molecule has 0 aromatic carbocycles. The van der Waals surface area contributed by atoms with Crippen molar-refractivity contribution in [1.82, 2.24) is 5.32 Å². The Morgan fingerprint density at radius 1 is 1.42 bits per heavy atom. The van der Waals surface area contributed by atoms with E-state index < -0.39 is 17.5 Å². The van der Waals surface area contributed by atoms with Crippen LogP contribution >= 0.6 is 0 Å². The Balaban J connectivity index is 2.63. The summed E-state index contributed by atoms with van der Waals surface area (Å²) in [6, 6.07) is -0.00975. The summed E-state index contributed by atoms with van der Waals surface area (Å²) in [5.41, 5.74) is 0.880. The highest BCUT2D eigenvalue weighted by atomic mass is 32.2. The second-order valence-corrected chi connectivity index (χ2v) is 8.01. The lowest BCUT2D eigenvalue weighted by Crippen LogP contribution is -2.39. The predicted molar refractivity (Wildman–Crippen MR) is 77.9 cm³/mol. The summed E-state index contributed by atoms with van der Waals surface area (Å²) < 4.78 is 15.9. The molecule has 0 radical (unpaired) electrons. The van der Waals surface area contributed by atoms with Gasteiger partial charge < -0.3 is 15.0 Å². The summed E-state index contributed by atoms with van der Waals surface area (Å²) in [6.45, 7) is 7.60. The van der Waals surface area contributed by atoms with Crippen LogP contribution in [0.5, 0.6) is 0 Å². The number of amides is 1. The van der Waals surface area contributed by atoms with Crippen molar-refractivity contribution < 1.29 is 14.5 Å². The highest BCUT2D eigenvalue weighted by molar-refractivity contribution is 7.91. The number of hydrogen-bond donors (Lipinski definition) is 2. The fraction of sp³-hybridized carbons (Fsp3) is 0.846. The van der Waals surface area contributed by atoms with E-state index in [1.54, 1.807) is 0 Å². The normalized spacial score (nSPS) is 26.9. The molecule has 110 valence electrons. The van der Waals surface area contributed by atoms with Crippen LogP contribution in [0.2, 0.25) is 0 Å². The molecule has 0 spiro atoms. The zero-order valence-electron chi connectivity index (χ0n) is 12.1. The molecule has 1 saturated carbocycles. The Bertz CT molecular complexity index is 352.